The van der Waals surface area contributed by atoms with E-state index in [0.29, 0.717) is 13.0 Å². The van der Waals surface area contributed by atoms with Crippen molar-refractivity contribution in [2.75, 3.05) is 18.9 Å². The number of aliphatic hydroxyl groups excluding tert-OH is 1. The van der Waals surface area contributed by atoms with Crippen molar-refractivity contribution in [3.8, 4) is 0 Å². The highest BCUT2D eigenvalue weighted by Crippen LogP contribution is 1.94. The first-order valence-corrected chi connectivity index (χ1v) is 6.27. The highest BCUT2D eigenvalue weighted by atomic mass is 32.2. The highest BCUT2D eigenvalue weighted by Gasteiger charge is 2.07. The molecule has 1 aromatic rings. The van der Waals surface area contributed by atoms with Crippen LogP contribution in [-0.4, -0.2) is 37.4 Å². The standard InChI is InChI=1S/C9H14N2O3S/c12-7-8-15(13,14)11-6-4-9-3-1-2-5-10-9/h1-3,5,11-12H,4,6-8H2. The Morgan fingerprint density at radius 2 is 2.20 bits per heavy atom. The molecule has 0 atom stereocenters. The predicted molar refractivity (Wildman–Crippen MR) is 56.8 cm³/mol. The van der Waals surface area contributed by atoms with E-state index in [0.717, 1.165) is 5.69 Å². The van der Waals surface area contributed by atoms with Gasteiger partial charge in [0, 0.05) is 24.9 Å². The molecule has 0 unspecified atom stereocenters. The maximum atomic E-state index is 11.1. The van der Waals surface area contributed by atoms with E-state index < -0.39 is 10.0 Å². The van der Waals surface area contributed by atoms with Crippen molar-refractivity contribution in [3.05, 3.63) is 30.1 Å². The van der Waals surface area contributed by atoms with E-state index >= 15 is 0 Å². The summed E-state index contributed by atoms with van der Waals surface area (Å²) >= 11 is 0. The number of aromatic nitrogens is 1. The van der Waals surface area contributed by atoms with Crippen molar-refractivity contribution in [3.63, 3.8) is 0 Å². The molecular weight excluding hydrogens is 216 g/mol. The smallest absolute Gasteiger partial charge is 0.213 e. The van der Waals surface area contributed by atoms with E-state index in [-0.39, 0.29) is 12.4 Å². The average molecular weight is 230 g/mol. The molecule has 0 fully saturated rings. The van der Waals surface area contributed by atoms with Crippen LogP contribution in [0.25, 0.3) is 0 Å². The van der Waals surface area contributed by atoms with Gasteiger partial charge in [-0.25, -0.2) is 13.1 Å². The minimum absolute atomic E-state index is 0.255. The van der Waals surface area contributed by atoms with Gasteiger partial charge in [-0.1, -0.05) is 6.07 Å². The van der Waals surface area contributed by atoms with Gasteiger partial charge < -0.3 is 5.11 Å². The molecule has 15 heavy (non-hydrogen) atoms. The van der Waals surface area contributed by atoms with E-state index in [4.69, 9.17) is 5.11 Å². The van der Waals surface area contributed by atoms with Gasteiger partial charge in [-0.05, 0) is 12.1 Å². The number of sulfonamides is 1. The van der Waals surface area contributed by atoms with Crippen LogP contribution in [0.5, 0.6) is 0 Å². The fourth-order valence-electron chi connectivity index (χ4n) is 1.07. The number of nitrogens with one attached hydrogen (secondary N) is 1. The maximum Gasteiger partial charge on any atom is 0.213 e. The van der Waals surface area contributed by atoms with Crippen LogP contribution in [0.3, 0.4) is 0 Å². The zero-order valence-corrected chi connectivity index (χ0v) is 9.07. The molecule has 0 aliphatic carbocycles. The number of pyridine rings is 1. The summed E-state index contributed by atoms with van der Waals surface area (Å²) in [5.41, 5.74) is 0.837. The van der Waals surface area contributed by atoms with Gasteiger partial charge in [-0.2, -0.15) is 0 Å². The maximum absolute atomic E-state index is 11.1. The van der Waals surface area contributed by atoms with Gasteiger partial charge in [-0.3, -0.25) is 4.98 Å². The molecule has 0 saturated heterocycles. The first-order valence-electron chi connectivity index (χ1n) is 4.62. The molecule has 1 heterocycles. The lowest BCUT2D eigenvalue weighted by Crippen LogP contribution is -2.29. The molecule has 5 nitrogen and oxygen atoms in total. The predicted octanol–water partition coefficient (Wildman–Crippen LogP) is -0.464. The molecule has 0 spiro atoms. The third-order valence-electron chi connectivity index (χ3n) is 1.79. The number of rotatable bonds is 6. The quantitative estimate of drug-likeness (QED) is 0.693. The van der Waals surface area contributed by atoms with Crippen LogP contribution in [0.2, 0.25) is 0 Å². The van der Waals surface area contributed by atoms with Crippen molar-refractivity contribution >= 4 is 10.0 Å². The Kier molecular flexibility index (Phi) is 4.67. The molecule has 6 heteroatoms. The molecule has 84 valence electrons. The van der Waals surface area contributed by atoms with Crippen molar-refractivity contribution in [1.82, 2.24) is 9.71 Å². The molecule has 0 aromatic carbocycles. The van der Waals surface area contributed by atoms with Gasteiger partial charge in [0.05, 0.1) is 12.4 Å². The van der Waals surface area contributed by atoms with Crippen LogP contribution < -0.4 is 4.72 Å². The molecule has 0 aliphatic rings. The number of hydrogen-bond acceptors (Lipinski definition) is 4. The summed E-state index contributed by atoms with van der Waals surface area (Å²) in [4.78, 5) is 4.06. The topological polar surface area (TPSA) is 79.3 Å². The molecule has 2 N–H and O–H groups in total. The Balaban J connectivity index is 2.34. The largest absolute Gasteiger partial charge is 0.395 e. The summed E-state index contributed by atoms with van der Waals surface area (Å²) in [6.07, 6.45) is 2.21. The van der Waals surface area contributed by atoms with Gasteiger partial charge in [-0.15, -0.1) is 0 Å². The third-order valence-corrected chi connectivity index (χ3v) is 3.15. The normalized spacial score (nSPS) is 11.5. The van der Waals surface area contributed by atoms with Crippen LogP contribution >= 0.6 is 0 Å². The Morgan fingerprint density at radius 1 is 1.40 bits per heavy atom. The number of nitrogens with zero attached hydrogens (tertiary/aromatic N) is 1. The van der Waals surface area contributed by atoms with Crippen LogP contribution in [0.1, 0.15) is 5.69 Å². The second-order valence-corrected chi connectivity index (χ2v) is 4.93. The lowest BCUT2D eigenvalue weighted by atomic mass is 10.3. The number of hydrogen-bond donors (Lipinski definition) is 2. The zero-order chi connectivity index (χ0) is 11.1. The molecular formula is C9H14N2O3S. The third kappa shape index (κ3) is 4.87. The molecule has 1 rings (SSSR count). The van der Waals surface area contributed by atoms with E-state index in [1.165, 1.54) is 0 Å². The van der Waals surface area contributed by atoms with Gasteiger partial charge >= 0.3 is 0 Å². The van der Waals surface area contributed by atoms with Crippen LogP contribution in [0, 0.1) is 0 Å². The molecule has 0 radical (unpaired) electrons. The van der Waals surface area contributed by atoms with Crippen LogP contribution in [0.15, 0.2) is 24.4 Å². The summed E-state index contributed by atoms with van der Waals surface area (Å²) in [5.74, 6) is -0.255. The van der Waals surface area contributed by atoms with Crippen molar-refractivity contribution in [2.24, 2.45) is 0 Å². The fraction of sp³-hybridized carbons (Fsp3) is 0.444. The average Bonchev–Trinajstić information content (AvgIpc) is 2.19. The monoisotopic (exact) mass is 230 g/mol. The molecule has 1 aromatic heterocycles. The lowest BCUT2D eigenvalue weighted by molar-refractivity contribution is 0.319. The van der Waals surface area contributed by atoms with Gasteiger partial charge in [0.1, 0.15) is 0 Å². The van der Waals surface area contributed by atoms with Gasteiger partial charge in [0.15, 0.2) is 0 Å². The SMILES string of the molecule is O=S(=O)(CCO)NCCc1ccccn1. The van der Waals surface area contributed by atoms with Crippen molar-refractivity contribution in [2.45, 2.75) is 6.42 Å². The van der Waals surface area contributed by atoms with Crippen molar-refractivity contribution in [1.29, 1.82) is 0 Å². The summed E-state index contributed by atoms with van der Waals surface area (Å²) in [5, 5.41) is 8.49. The van der Waals surface area contributed by atoms with E-state index in [1.54, 1.807) is 12.3 Å². The second-order valence-electron chi connectivity index (χ2n) is 3.01. The Labute approximate surface area is 89.2 Å². The molecule has 0 aliphatic heterocycles. The van der Waals surface area contributed by atoms with Crippen molar-refractivity contribution < 1.29 is 13.5 Å². The second kappa shape index (κ2) is 5.79. The summed E-state index contributed by atoms with van der Waals surface area (Å²) < 4.78 is 24.6. The summed E-state index contributed by atoms with van der Waals surface area (Å²) in [6.45, 7) is -0.0573. The number of aliphatic hydroxyl groups is 1. The fourth-order valence-corrected chi connectivity index (χ4v) is 1.87. The highest BCUT2D eigenvalue weighted by molar-refractivity contribution is 7.89. The molecule has 0 bridgehead atoms. The Hall–Kier alpha value is -0.980. The first-order chi connectivity index (χ1) is 7.14. The zero-order valence-electron chi connectivity index (χ0n) is 8.26. The Morgan fingerprint density at radius 3 is 2.80 bits per heavy atom. The van der Waals surface area contributed by atoms with E-state index in [9.17, 15) is 8.42 Å². The summed E-state index contributed by atoms with van der Waals surface area (Å²) in [6, 6.07) is 5.49. The van der Waals surface area contributed by atoms with Crippen LogP contribution in [0.4, 0.5) is 0 Å². The van der Waals surface area contributed by atoms with Gasteiger partial charge in [0.25, 0.3) is 0 Å². The minimum atomic E-state index is -3.33. The van der Waals surface area contributed by atoms with E-state index in [1.807, 2.05) is 12.1 Å². The van der Waals surface area contributed by atoms with Gasteiger partial charge in [0.2, 0.25) is 10.0 Å². The van der Waals surface area contributed by atoms with Crippen LogP contribution in [-0.2, 0) is 16.4 Å². The summed E-state index contributed by atoms with van der Waals surface area (Å²) in [7, 11) is -3.33. The molecule has 0 amide bonds. The Bertz CT molecular complexity index is 378. The van der Waals surface area contributed by atoms with E-state index in [2.05, 4.69) is 9.71 Å². The minimum Gasteiger partial charge on any atom is -0.395 e. The first kappa shape index (κ1) is 12.1. The lowest BCUT2D eigenvalue weighted by Gasteiger charge is -2.04. The molecule has 0 saturated carbocycles.